The zero-order valence-electron chi connectivity index (χ0n) is 21.4. The van der Waals surface area contributed by atoms with Crippen LogP contribution in [0.1, 0.15) is 60.3 Å². The number of ether oxygens (including phenoxy) is 1. The molecule has 1 aliphatic rings. The van der Waals surface area contributed by atoms with Gasteiger partial charge in [-0.05, 0) is 42.2 Å². The number of nitrogens with zero attached hydrogens (tertiary/aromatic N) is 2. The first-order chi connectivity index (χ1) is 19.0. The van der Waals surface area contributed by atoms with Crippen LogP contribution in [0, 0.1) is 0 Å². The molecule has 1 aliphatic carbocycles. The van der Waals surface area contributed by atoms with Crippen molar-refractivity contribution in [3.63, 3.8) is 0 Å². The molecule has 0 aliphatic heterocycles. The molecular weight excluding hydrogens is 496 g/mol. The van der Waals surface area contributed by atoms with E-state index >= 15 is 0 Å². The highest BCUT2D eigenvalue weighted by Crippen LogP contribution is 2.45. The number of carboxylic acid groups (broad SMARTS) is 1. The molecule has 0 spiro atoms. The van der Waals surface area contributed by atoms with Gasteiger partial charge < -0.3 is 24.9 Å². The number of benzene rings is 3. The smallest absolute Gasteiger partial charge is 0.320 e. The van der Waals surface area contributed by atoms with Crippen LogP contribution >= 0.6 is 0 Å². The largest absolute Gasteiger partial charge is 0.489 e. The normalized spacial score (nSPS) is 14.4. The Hall–Kier alpha value is -4.66. The third kappa shape index (κ3) is 6.43. The average molecular weight is 527 g/mol. The van der Waals surface area contributed by atoms with Gasteiger partial charge in [-0.15, -0.1) is 5.10 Å². The molecule has 0 unspecified atom stereocenters. The van der Waals surface area contributed by atoms with Crippen molar-refractivity contribution in [2.75, 3.05) is 10.6 Å². The summed E-state index contributed by atoms with van der Waals surface area (Å²) < 4.78 is 11.5. The minimum Gasteiger partial charge on any atom is -0.489 e. The fraction of sp³-hybridized carbons (Fsp3) is 0.267. The molecule has 1 heterocycles. The van der Waals surface area contributed by atoms with Gasteiger partial charge in [0.25, 0.3) is 0 Å². The van der Waals surface area contributed by atoms with Gasteiger partial charge in [-0.1, -0.05) is 79.0 Å². The topological polar surface area (TPSA) is 127 Å². The molecule has 0 atom stereocenters. The maximum Gasteiger partial charge on any atom is 0.320 e. The molecule has 1 amide bonds. The molecule has 0 radical (unpaired) electrons. The molecule has 9 heteroatoms. The van der Waals surface area contributed by atoms with Gasteiger partial charge in [0.05, 0.1) is 6.42 Å². The summed E-state index contributed by atoms with van der Waals surface area (Å²) in [7, 11) is 0. The molecule has 5 rings (SSSR count). The quantitative estimate of drug-likeness (QED) is 0.219. The van der Waals surface area contributed by atoms with E-state index in [1.54, 1.807) is 12.1 Å². The second-order valence-corrected chi connectivity index (χ2v) is 9.75. The first kappa shape index (κ1) is 26.0. The van der Waals surface area contributed by atoms with Crippen LogP contribution in [-0.2, 0) is 16.8 Å². The van der Waals surface area contributed by atoms with E-state index in [0.29, 0.717) is 23.7 Å². The van der Waals surface area contributed by atoms with E-state index in [9.17, 15) is 14.7 Å². The van der Waals surface area contributed by atoms with E-state index in [4.69, 9.17) is 9.15 Å². The van der Waals surface area contributed by atoms with Gasteiger partial charge in [-0.3, -0.25) is 9.59 Å². The van der Waals surface area contributed by atoms with Crippen molar-refractivity contribution in [3.05, 3.63) is 95.9 Å². The molecule has 1 saturated carbocycles. The van der Waals surface area contributed by atoms with Crippen molar-refractivity contribution >= 4 is 29.3 Å². The Labute approximate surface area is 226 Å². The number of anilines is 3. The van der Waals surface area contributed by atoms with Crippen LogP contribution in [0.15, 0.2) is 83.3 Å². The number of carbonyl (C=O) groups excluding carboxylic acids is 1. The molecule has 9 nitrogen and oxygen atoms in total. The lowest BCUT2D eigenvalue weighted by Gasteiger charge is -2.38. The van der Waals surface area contributed by atoms with E-state index in [-0.39, 0.29) is 18.3 Å². The summed E-state index contributed by atoms with van der Waals surface area (Å²) in [6, 6.07) is 24.6. The van der Waals surface area contributed by atoms with Gasteiger partial charge >= 0.3 is 23.8 Å². The monoisotopic (exact) mass is 526 g/mol. The van der Waals surface area contributed by atoms with E-state index in [1.165, 1.54) is 0 Å². The van der Waals surface area contributed by atoms with E-state index in [2.05, 4.69) is 20.8 Å². The molecule has 39 heavy (non-hydrogen) atoms. The van der Waals surface area contributed by atoms with Crippen LogP contribution in [-0.4, -0.2) is 27.2 Å². The lowest BCUT2D eigenvalue weighted by molar-refractivity contribution is -0.138. The molecule has 3 N–H and O–H groups in total. The second kappa shape index (κ2) is 11.8. The zero-order valence-corrected chi connectivity index (χ0v) is 21.4. The second-order valence-electron chi connectivity index (χ2n) is 9.75. The lowest BCUT2D eigenvalue weighted by atomic mass is 9.67. The Kier molecular flexibility index (Phi) is 7.86. The number of hydrogen-bond acceptors (Lipinski definition) is 7. The molecule has 0 saturated heterocycles. The SMILES string of the molecule is O=C(O)CC1(c2ccccc2NC(=O)c2nnc(Nc3cccc(OCc4ccccc4)c3)o2)CCCCC1. The van der Waals surface area contributed by atoms with Crippen molar-refractivity contribution in [2.45, 2.75) is 50.5 Å². The molecule has 200 valence electrons. The van der Waals surface area contributed by atoms with Gasteiger partial charge in [-0.2, -0.15) is 0 Å². The summed E-state index contributed by atoms with van der Waals surface area (Å²) in [5.41, 5.74) is 2.58. The molecule has 0 bridgehead atoms. The predicted molar refractivity (Wildman–Crippen MR) is 146 cm³/mol. The van der Waals surface area contributed by atoms with Crippen molar-refractivity contribution in [3.8, 4) is 5.75 Å². The summed E-state index contributed by atoms with van der Waals surface area (Å²) in [6.45, 7) is 0.435. The minimum atomic E-state index is -0.847. The van der Waals surface area contributed by atoms with E-state index < -0.39 is 17.3 Å². The minimum absolute atomic E-state index is 0.0165. The number of amides is 1. The maximum atomic E-state index is 13.0. The van der Waals surface area contributed by atoms with Gasteiger partial charge in [0.2, 0.25) is 0 Å². The molecule has 3 aromatic carbocycles. The lowest BCUT2D eigenvalue weighted by Crippen LogP contribution is -2.33. The highest BCUT2D eigenvalue weighted by atomic mass is 16.5. The zero-order chi connectivity index (χ0) is 27.1. The van der Waals surface area contributed by atoms with Crippen molar-refractivity contribution < 1.29 is 23.8 Å². The Morgan fingerprint density at radius 3 is 2.49 bits per heavy atom. The Bertz CT molecular complexity index is 1430. The predicted octanol–water partition coefficient (Wildman–Crippen LogP) is 6.32. The Morgan fingerprint density at radius 1 is 0.923 bits per heavy atom. The molecule has 1 aromatic heterocycles. The Morgan fingerprint density at radius 2 is 1.69 bits per heavy atom. The summed E-state index contributed by atoms with van der Waals surface area (Å²) in [5.74, 6) is -0.958. The van der Waals surface area contributed by atoms with Gasteiger partial charge in [0, 0.05) is 22.9 Å². The van der Waals surface area contributed by atoms with Crippen LogP contribution in [0.5, 0.6) is 5.75 Å². The van der Waals surface area contributed by atoms with Gasteiger partial charge in [-0.25, -0.2) is 0 Å². The fourth-order valence-electron chi connectivity index (χ4n) is 5.18. The summed E-state index contributed by atoms with van der Waals surface area (Å²) in [4.78, 5) is 24.8. The van der Waals surface area contributed by atoms with Gasteiger partial charge in [0.15, 0.2) is 0 Å². The van der Waals surface area contributed by atoms with Crippen LogP contribution in [0.3, 0.4) is 0 Å². The number of rotatable bonds is 10. The molecule has 4 aromatic rings. The van der Waals surface area contributed by atoms with Crippen LogP contribution in [0.2, 0.25) is 0 Å². The standard InChI is InChI=1S/C30H30N4O5/c35-26(36)19-30(16-7-2-8-17-30)24-14-5-6-15-25(24)32-27(37)28-33-34-29(39-28)31-22-12-9-13-23(18-22)38-20-21-10-3-1-4-11-21/h1,3-6,9-15,18H,2,7-8,16-17,19-20H2,(H,31,34)(H,32,37)(H,35,36). The van der Waals surface area contributed by atoms with E-state index in [0.717, 1.165) is 43.2 Å². The number of nitrogens with one attached hydrogen (secondary N) is 2. The summed E-state index contributed by atoms with van der Waals surface area (Å²) in [6.07, 6.45) is 4.52. The van der Waals surface area contributed by atoms with Crippen LogP contribution in [0.4, 0.5) is 17.4 Å². The first-order valence-corrected chi connectivity index (χ1v) is 13.0. The number of aliphatic carboxylic acids is 1. The third-order valence-electron chi connectivity index (χ3n) is 7.00. The number of aromatic nitrogens is 2. The summed E-state index contributed by atoms with van der Waals surface area (Å²) in [5, 5.41) is 23.4. The highest BCUT2D eigenvalue weighted by molar-refractivity contribution is 6.01. The first-order valence-electron chi connectivity index (χ1n) is 13.0. The Balaban J connectivity index is 1.26. The van der Waals surface area contributed by atoms with Crippen molar-refractivity contribution in [1.29, 1.82) is 0 Å². The van der Waals surface area contributed by atoms with E-state index in [1.807, 2.05) is 66.7 Å². The molecular formula is C30H30N4O5. The summed E-state index contributed by atoms with van der Waals surface area (Å²) >= 11 is 0. The average Bonchev–Trinajstić information content (AvgIpc) is 3.42. The van der Waals surface area contributed by atoms with Crippen molar-refractivity contribution in [1.82, 2.24) is 10.2 Å². The number of carboxylic acids is 1. The fourth-order valence-corrected chi connectivity index (χ4v) is 5.18. The highest BCUT2D eigenvalue weighted by Gasteiger charge is 2.38. The number of para-hydroxylation sites is 1. The van der Waals surface area contributed by atoms with Crippen LogP contribution < -0.4 is 15.4 Å². The maximum absolute atomic E-state index is 13.0. The van der Waals surface area contributed by atoms with Crippen molar-refractivity contribution in [2.24, 2.45) is 0 Å². The number of hydrogen-bond donors (Lipinski definition) is 3. The van der Waals surface area contributed by atoms with Crippen LogP contribution in [0.25, 0.3) is 0 Å². The third-order valence-corrected chi connectivity index (χ3v) is 7.00. The molecule has 1 fully saturated rings. The number of carbonyl (C=O) groups is 2. The van der Waals surface area contributed by atoms with Gasteiger partial charge in [0.1, 0.15) is 12.4 Å².